The zero-order chi connectivity index (χ0) is 15.5. The summed E-state index contributed by atoms with van der Waals surface area (Å²) in [6, 6.07) is 16.0. The fourth-order valence-electron chi connectivity index (χ4n) is 3.27. The first-order valence-corrected chi connectivity index (χ1v) is 7.72. The van der Waals surface area contributed by atoms with Gasteiger partial charge < -0.3 is 9.64 Å². The second-order valence-corrected chi connectivity index (χ2v) is 5.71. The summed E-state index contributed by atoms with van der Waals surface area (Å²) in [7, 11) is 1.61. The number of rotatable bonds is 3. The van der Waals surface area contributed by atoms with Crippen molar-refractivity contribution in [1.82, 2.24) is 4.90 Å². The molecule has 1 atom stereocenters. The molecule has 1 amide bonds. The number of benzene rings is 2. The molecule has 0 bridgehead atoms. The van der Waals surface area contributed by atoms with E-state index in [1.54, 1.807) is 7.11 Å². The normalized spacial score (nSPS) is 17.5. The molecule has 0 aromatic heterocycles. The maximum absolute atomic E-state index is 13.0. The molecule has 0 saturated carbocycles. The van der Waals surface area contributed by atoms with Crippen LogP contribution in [0.4, 0.5) is 0 Å². The van der Waals surface area contributed by atoms with Gasteiger partial charge in [0.15, 0.2) is 0 Å². The number of nitrogens with zero attached hydrogens (tertiary/aromatic N) is 1. The number of carbonyl (C=O) groups excluding carboxylic acids is 1. The predicted octanol–water partition coefficient (Wildman–Crippen LogP) is 3.98. The lowest BCUT2D eigenvalue weighted by molar-refractivity contribution is 0.0732. The van der Waals surface area contributed by atoms with Gasteiger partial charge in [-0.25, -0.2) is 0 Å². The Balaban J connectivity index is 1.93. The lowest BCUT2D eigenvalue weighted by Crippen LogP contribution is -2.31. The Labute approximate surface area is 131 Å². The van der Waals surface area contributed by atoms with Crippen LogP contribution < -0.4 is 4.74 Å². The van der Waals surface area contributed by atoms with E-state index in [2.05, 4.69) is 19.1 Å². The van der Waals surface area contributed by atoms with E-state index in [9.17, 15) is 4.79 Å². The quantitative estimate of drug-likeness (QED) is 0.857. The minimum atomic E-state index is 0.0585. The molecule has 114 valence electrons. The van der Waals surface area contributed by atoms with Gasteiger partial charge in [-0.2, -0.15) is 0 Å². The molecule has 0 N–H and O–H groups in total. The van der Waals surface area contributed by atoms with E-state index in [-0.39, 0.29) is 11.9 Å². The fraction of sp³-hybridized carbons (Fsp3) is 0.316. The molecule has 2 aromatic rings. The second-order valence-electron chi connectivity index (χ2n) is 5.71. The number of methoxy groups -OCH3 is 1. The number of aryl methyl sites for hydroxylation is 1. The van der Waals surface area contributed by atoms with Crippen LogP contribution in [-0.2, 0) is 0 Å². The zero-order valence-corrected chi connectivity index (χ0v) is 13.1. The largest absolute Gasteiger partial charge is 0.496 e. The number of amides is 1. The number of likely N-dealkylation sites (tertiary alicyclic amines) is 1. The van der Waals surface area contributed by atoms with Crippen molar-refractivity contribution >= 4 is 5.91 Å². The van der Waals surface area contributed by atoms with Gasteiger partial charge in [-0.1, -0.05) is 36.4 Å². The molecule has 1 heterocycles. The van der Waals surface area contributed by atoms with Gasteiger partial charge in [-0.3, -0.25) is 4.79 Å². The highest BCUT2D eigenvalue weighted by Gasteiger charge is 2.32. The van der Waals surface area contributed by atoms with Gasteiger partial charge in [-0.15, -0.1) is 0 Å². The van der Waals surface area contributed by atoms with Crippen LogP contribution in [0.3, 0.4) is 0 Å². The Morgan fingerprint density at radius 2 is 1.86 bits per heavy atom. The third-order valence-electron chi connectivity index (χ3n) is 4.40. The zero-order valence-electron chi connectivity index (χ0n) is 13.1. The van der Waals surface area contributed by atoms with Crippen molar-refractivity contribution in [2.45, 2.75) is 25.8 Å². The second kappa shape index (κ2) is 6.22. The van der Waals surface area contributed by atoms with Gasteiger partial charge in [-0.05, 0) is 43.0 Å². The van der Waals surface area contributed by atoms with Gasteiger partial charge in [0, 0.05) is 6.54 Å². The van der Waals surface area contributed by atoms with Crippen LogP contribution in [0.15, 0.2) is 48.5 Å². The van der Waals surface area contributed by atoms with E-state index >= 15 is 0 Å². The van der Waals surface area contributed by atoms with E-state index in [4.69, 9.17) is 4.74 Å². The maximum Gasteiger partial charge on any atom is 0.258 e. The standard InChI is InChI=1S/C19H21NO2/c1-14-8-3-4-9-15(14)17-11-7-13-20(17)19(21)16-10-5-6-12-18(16)22-2/h3-6,8-10,12,17H,7,11,13H2,1-2H3. The summed E-state index contributed by atoms with van der Waals surface area (Å²) in [6.07, 6.45) is 2.06. The van der Waals surface area contributed by atoms with Crippen molar-refractivity contribution in [2.24, 2.45) is 0 Å². The SMILES string of the molecule is COc1ccccc1C(=O)N1CCCC1c1ccccc1C. The van der Waals surface area contributed by atoms with Crippen LogP contribution in [0.1, 0.15) is 40.4 Å². The summed E-state index contributed by atoms with van der Waals surface area (Å²) in [5, 5.41) is 0. The summed E-state index contributed by atoms with van der Waals surface area (Å²) in [4.78, 5) is 15.0. The molecular weight excluding hydrogens is 274 g/mol. The van der Waals surface area contributed by atoms with Crippen molar-refractivity contribution in [3.63, 3.8) is 0 Å². The molecular formula is C19H21NO2. The minimum absolute atomic E-state index is 0.0585. The van der Waals surface area contributed by atoms with Crippen LogP contribution in [0.2, 0.25) is 0 Å². The van der Waals surface area contributed by atoms with Gasteiger partial charge in [0.2, 0.25) is 0 Å². The van der Waals surface area contributed by atoms with Crippen LogP contribution in [-0.4, -0.2) is 24.5 Å². The topological polar surface area (TPSA) is 29.5 Å². The molecule has 0 spiro atoms. The molecule has 22 heavy (non-hydrogen) atoms. The molecule has 1 fully saturated rings. The average Bonchev–Trinajstić information content (AvgIpc) is 3.04. The predicted molar refractivity (Wildman–Crippen MR) is 87.2 cm³/mol. The molecule has 1 aliphatic heterocycles. The van der Waals surface area contributed by atoms with Crippen LogP contribution in [0, 0.1) is 6.92 Å². The summed E-state index contributed by atoms with van der Waals surface area (Å²) in [5.74, 6) is 0.700. The van der Waals surface area contributed by atoms with Crippen molar-refractivity contribution in [3.05, 3.63) is 65.2 Å². The summed E-state index contributed by atoms with van der Waals surface area (Å²) in [5.41, 5.74) is 3.14. The third kappa shape index (κ3) is 2.59. The maximum atomic E-state index is 13.0. The summed E-state index contributed by atoms with van der Waals surface area (Å²) < 4.78 is 5.34. The lowest BCUT2D eigenvalue weighted by Gasteiger charge is -2.27. The molecule has 3 rings (SSSR count). The van der Waals surface area contributed by atoms with E-state index in [1.807, 2.05) is 41.3 Å². The van der Waals surface area contributed by atoms with Crippen molar-refractivity contribution < 1.29 is 9.53 Å². The number of hydrogen-bond donors (Lipinski definition) is 0. The monoisotopic (exact) mass is 295 g/mol. The van der Waals surface area contributed by atoms with E-state index in [0.29, 0.717) is 11.3 Å². The molecule has 1 unspecified atom stereocenters. The molecule has 1 saturated heterocycles. The number of ether oxygens (including phenoxy) is 1. The van der Waals surface area contributed by atoms with Gasteiger partial charge >= 0.3 is 0 Å². The van der Waals surface area contributed by atoms with E-state index in [1.165, 1.54) is 11.1 Å². The fourth-order valence-corrected chi connectivity index (χ4v) is 3.27. The van der Waals surface area contributed by atoms with Crippen LogP contribution in [0.5, 0.6) is 5.75 Å². The summed E-state index contributed by atoms with van der Waals surface area (Å²) in [6.45, 7) is 2.91. The molecule has 1 aliphatic rings. The van der Waals surface area contributed by atoms with Crippen LogP contribution in [0.25, 0.3) is 0 Å². The first-order valence-electron chi connectivity index (χ1n) is 7.72. The highest BCUT2D eigenvalue weighted by atomic mass is 16.5. The molecule has 3 nitrogen and oxygen atoms in total. The third-order valence-corrected chi connectivity index (χ3v) is 4.40. The Morgan fingerprint density at radius 1 is 1.14 bits per heavy atom. The molecule has 0 radical (unpaired) electrons. The first-order chi connectivity index (χ1) is 10.7. The average molecular weight is 295 g/mol. The minimum Gasteiger partial charge on any atom is -0.496 e. The van der Waals surface area contributed by atoms with Crippen LogP contribution >= 0.6 is 0 Å². The van der Waals surface area contributed by atoms with Gasteiger partial charge in [0.1, 0.15) is 5.75 Å². The van der Waals surface area contributed by atoms with Gasteiger partial charge in [0.25, 0.3) is 5.91 Å². The Kier molecular flexibility index (Phi) is 4.14. The molecule has 0 aliphatic carbocycles. The first kappa shape index (κ1) is 14.6. The van der Waals surface area contributed by atoms with Crippen molar-refractivity contribution in [3.8, 4) is 5.75 Å². The smallest absolute Gasteiger partial charge is 0.258 e. The number of carbonyl (C=O) groups is 1. The Bertz CT molecular complexity index is 681. The highest BCUT2D eigenvalue weighted by Crippen LogP contribution is 2.35. The van der Waals surface area contributed by atoms with Crippen molar-refractivity contribution in [1.29, 1.82) is 0 Å². The number of para-hydroxylation sites is 1. The van der Waals surface area contributed by atoms with E-state index < -0.39 is 0 Å². The molecule has 2 aromatic carbocycles. The highest BCUT2D eigenvalue weighted by molar-refractivity contribution is 5.97. The molecule has 3 heteroatoms. The van der Waals surface area contributed by atoms with E-state index in [0.717, 1.165) is 19.4 Å². The van der Waals surface area contributed by atoms with Crippen molar-refractivity contribution in [2.75, 3.05) is 13.7 Å². The number of hydrogen-bond acceptors (Lipinski definition) is 2. The summed E-state index contributed by atoms with van der Waals surface area (Å²) >= 11 is 0. The lowest BCUT2D eigenvalue weighted by atomic mass is 9.99. The van der Waals surface area contributed by atoms with Gasteiger partial charge in [0.05, 0.1) is 18.7 Å². The Morgan fingerprint density at radius 3 is 2.64 bits per heavy atom. The Hall–Kier alpha value is -2.29.